The molecule has 96 valence electrons. The normalized spacial score (nSPS) is 26.2. The molecule has 1 fully saturated rings. The zero-order valence-electron chi connectivity index (χ0n) is 10.9. The van der Waals surface area contributed by atoms with Crippen LogP contribution in [0.2, 0.25) is 0 Å². The standard InChI is InChI=1S/C14H24N2O/c1-2-8-15-9-6-7-13(12-15)14(17)16-10-4-3-5-11-16/h3-4,13H,2,5-12H2,1H3. The van der Waals surface area contributed by atoms with E-state index in [-0.39, 0.29) is 5.92 Å². The van der Waals surface area contributed by atoms with E-state index in [1.807, 2.05) is 4.90 Å². The summed E-state index contributed by atoms with van der Waals surface area (Å²) < 4.78 is 0. The quantitative estimate of drug-likeness (QED) is 0.699. The first-order valence-electron chi connectivity index (χ1n) is 6.97. The minimum Gasteiger partial charge on any atom is -0.338 e. The number of hydrogen-bond acceptors (Lipinski definition) is 2. The molecule has 3 nitrogen and oxygen atoms in total. The fourth-order valence-corrected chi connectivity index (χ4v) is 2.88. The summed E-state index contributed by atoms with van der Waals surface area (Å²) in [6.07, 6.45) is 8.77. The Morgan fingerprint density at radius 1 is 1.35 bits per heavy atom. The van der Waals surface area contributed by atoms with Crippen LogP contribution in [0.15, 0.2) is 12.2 Å². The van der Waals surface area contributed by atoms with Gasteiger partial charge in [-0.05, 0) is 38.8 Å². The van der Waals surface area contributed by atoms with Crippen molar-refractivity contribution in [1.82, 2.24) is 9.80 Å². The molecule has 1 amide bonds. The summed E-state index contributed by atoms with van der Waals surface area (Å²) in [5.74, 6) is 0.636. The van der Waals surface area contributed by atoms with Gasteiger partial charge in [-0.15, -0.1) is 0 Å². The summed E-state index contributed by atoms with van der Waals surface area (Å²) in [5, 5.41) is 0. The molecule has 1 atom stereocenters. The third-order valence-corrected chi connectivity index (χ3v) is 3.76. The lowest BCUT2D eigenvalue weighted by Crippen LogP contribution is -2.45. The second-order valence-corrected chi connectivity index (χ2v) is 5.18. The van der Waals surface area contributed by atoms with E-state index in [1.165, 1.54) is 19.4 Å². The Morgan fingerprint density at radius 3 is 2.94 bits per heavy atom. The number of rotatable bonds is 3. The molecule has 0 radical (unpaired) electrons. The number of nitrogens with zero attached hydrogens (tertiary/aromatic N) is 2. The smallest absolute Gasteiger partial charge is 0.227 e. The van der Waals surface area contributed by atoms with Gasteiger partial charge in [-0.2, -0.15) is 0 Å². The van der Waals surface area contributed by atoms with Gasteiger partial charge in [0.2, 0.25) is 5.91 Å². The average molecular weight is 236 g/mol. The minimum absolute atomic E-state index is 0.252. The van der Waals surface area contributed by atoms with Crippen LogP contribution in [-0.2, 0) is 4.79 Å². The summed E-state index contributed by atoms with van der Waals surface area (Å²) in [4.78, 5) is 16.8. The van der Waals surface area contributed by atoms with Crippen molar-refractivity contribution in [2.24, 2.45) is 5.92 Å². The molecular formula is C14H24N2O. The highest BCUT2D eigenvalue weighted by molar-refractivity contribution is 5.79. The molecule has 2 heterocycles. The van der Waals surface area contributed by atoms with Crippen molar-refractivity contribution in [1.29, 1.82) is 0 Å². The minimum atomic E-state index is 0.252. The number of hydrogen-bond donors (Lipinski definition) is 0. The molecule has 0 spiro atoms. The lowest BCUT2D eigenvalue weighted by molar-refractivity contribution is -0.137. The zero-order chi connectivity index (χ0) is 12.1. The number of piperidine rings is 1. The van der Waals surface area contributed by atoms with E-state index in [1.54, 1.807) is 0 Å². The van der Waals surface area contributed by atoms with Crippen LogP contribution in [0, 0.1) is 5.92 Å². The summed E-state index contributed by atoms with van der Waals surface area (Å²) in [5.41, 5.74) is 0. The van der Waals surface area contributed by atoms with E-state index in [0.717, 1.165) is 39.0 Å². The van der Waals surface area contributed by atoms with Crippen LogP contribution in [0.4, 0.5) is 0 Å². The number of likely N-dealkylation sites (tertiary alicyclic amines) is 1. The second kappa shape index (κ2) is 6.20. The van der Waals surface area contributed by atoms with Crippen LogP contribution in [0.1, 0.15) is 32.6 Å². The molecule has 0 aromatic rings. The van der Waals surface area contributed by atoms with E-state index in [4.69, 9.17) is 0 Å². The Bertz CT molecular complexity index is 286. The van der Waals surface area contributed by atoms with Gasteiger partial charge in [0.25, 0.3) is 0 Å². The third-order valence-electron chi connectivity index (χ3n) is 3.76. The van der Waals surface area contributed by atoms with Crippen LogP contribution >= 0.6 is 0 Å². The van der Waals surface area contributed by atoms with E-state index < -0.39 is 0 Å². The highest BCUT2D eigenvalue weighted by Crippen LogP contribution is 2.20. The largest absolute Gasteiger partial charge is 0.338 e. The van der Waals surface area contributed by atoms with Gasteiger partial charge in [-0.1, -0.05) is 19.1 Å². The van der Waals surface area contributed by atoms with Crippen LogP contribution in [0.25, 0.3) is 0 Å². The molecule has 2 rings (SSSR count). The van der Waals surface area contributed by atoms with Gasteiger partial charge in [0, 0.05) is 19.6 Å². The molecule has 0 N–H and O–H groups in total. The maximum Gasteiger partial charge on any atom is 0.227 e. The van der Waals surface area contributed by atoms with Crippen molar-refractivity contribution in [3.8, 4) is 0 Å². The van der Waals surface area contributed by atoms with Crippen molar-refractivity contribution in [2.45, 2.75) is 32.6 Å². The third kappa shape index (κ3) is 3.32. The van der Waals surface area contributed by atoms with Crippen LogP contribution < -0.4 is 0 Å². The number of carbonyl (C=O) groups is 1. The maximum atomic E-state index is 12.4. The Labute approximate surface area is 104 Å². The average Bonchev–Trinajstić information content (AvgIpc) is 2.40. The van der Waals surface area contributed by atoms with Gasteiger partial charge >= 0.3 is 0 Å². The summed E-state index contributed by atoms with van der Waals surface area (Å²) in [6.45, 7) is 7.25. The number of amides is 1. The zero-order valence-corrected chi connectivity index (χ0v) is 10.9. The first-order valence-corrected chi connectivity index (χ1v) is 6.97. The van der Waals surface area contributed by atoms with Gasteiger partial charge in [0.1, 0.15) is 0 Å². The van der Waals surface area contributed by atoms with Gasteiger partial charge in [-0.3, -0.25) is 4.79 Å². The molecule has 3 heteroatoms. The van der Waals surface area contributed by atoms with Crippen molar-refractivity contribution in [3.63, 3.8) is 0 Å². The molecule has 0 aromatic heterocycles. The SMILES string of the molecule is CCCN1CCCC(C(=O)N2CC=CCC2)C1. The van der Waals surface area contributed by atoms with E-state index >= 15 is 0 Å². The fraction of sp³-hybridized carbons (Fsp3) is 0.786. The lowest BCUT2D eigenvalue weighted by Gasteiger charge is -2.35. The first kappa shape index (κ1) is 12.6. The predicted molar refractivity (Wildman–Crippen MR) is 69.8 cm³/mol. The van der Waals surface area contributed by atoms with Gasteiger partial charge in [-0.25, -0.2) is 0 Å². The van der Waals surface area contributed by atoms with E-state index in [9.17, 15) is 4.79 Å². The molecule has 2 aliphatic heterocycles. The number of carbonyl (C=O) groups excluding carboxylic acids is 1. The highest BCUT2D eigenvalue weighted by atomic mass is 16.2. The summed E-state index contributed by atoms with van der Waals surface area (Å²) in [6, 6.07) is 0. The molecule has 0 aliphatic carbocycles. The fourth-order valence-electron chi connectivity index (χ4n) is 2.88. The summed E-state index contributed by atoms with van der Waals surface area (Å²) in [7, 11) is 0. The molecule has 0 bridgehead atoms. The Balaban J connectivity index is 1.87. The molecule has 1 unspecified atom stereocenters. The van der Waals surface area contributed by atoms with Gasteiger partial charge in [0.05, 0.1) is 5.92 Å². The molecule has 0 saturated carbocycles. The van der Waals surface area contributed by atoms with Crippen LogP contribution in [-0.4, -0.2) is 48.4 Å². The van der Waals surface area contributed by atoms with Crippen LogP contribution in [0.5, 0.6) is 0 Å². The van der Waals surface area contributed by atoms with E-state index in [0.29, 0.717) is 5.91 Å². The van der Waals surface area contributed by atoms with Crippen molar-refractivity contribution in [2.75, 3.05) is 32.7 Å². The van der Waals surface area contributed by atoms with Crippen LogP contribution in [0.3, 0.4) is 0 Å². The first-order chi connectivity index (χ1) is 8.31. The topological polar surface area (TPSA) is 23.6 Å². The molecule has 0 aromatic carbocycles. The highest BCUT2D eigenvalue weighted by Gasteiger charge is 2.28. The maximum absolute atomic E-state index is 12.4. The molecule has 2 aliphatic rings. The molecule has 1 saturated heterocycles. The predicted octanol–water partition coefficient (Wildman–Crippen LogP) is 1.90. The van der Waals surface area contributed by atoms with Gasteiger partial charge < -0.3 is 9.80 Å². The van der Waals surface area contributed by atoms with E-state index in [2.05, 4.69) is 24.0 Å². The van der Waals surface area contributed by atoms with Gasteiger partial charge in [0.15, 0.2) is 0 Å². The second-order valence-electron chi connectivity index (χ2n) is 5.18. The Hall–Kier alpha value is -0.830. The Kier molecular flexibility index (Phi) is 4.60. The monoisotopic (exact) mass is 236 g/mol. The molecule has 17 heavy (non-hydrogen) atoms. The molecular weight excluding hydrogens is 212 g/mol. The van der Waals surface area contributed by atoms with Crippen molar-refractivity contribution >= 4 is 5.91 Å². The summed E-state index contributed by atoms with van der Waals surface area (Å²) >= 11 is 0. The van der Waals surface area contributed by atoms with Crippen molar-refractivity contribution < 1.29 is 4.79 Å². The Morgan fingerprint density at radius 2 is 2.24 bits per heavy atom. The van der Waals surface area contributed by atoms with Crippen molar-refractivity contribution in [3.05, 3.63) is 12.2 Å². The lowest BCUT2D eigenvalue weighted by atomic mass is 9.96.